The molecule has 0 heterocycles. The number of hydrogen-bond acceptors (Lipinski definition) is 6. The van der Waals surface area contributed by atoms with Crippen molar-refractivity contribution in [2.45, 2.75) is 17.0 Å². The van der Waals surface area contributed by atoms with Crippen molar-refractivity contribution in [1.29, 1.82) is 0 Å². The van der Waals surface area contributed by atoms with Crippen LogP contribution in [0.15, 0.2) is 158 Å². The quantitative estimate of drug-likeness (QED) is 0.0976. The maximum atomic E-state index is 7.24. The highest BCUT2D eigenvalue weighted by atomic mass is 15.0. The first-order valence-electron chi connectivity index (χ1n) is 19.3. The molecule has 272 valence electrons. The molecular formula is C51H38N6. The Bertz CT molecular complexity index is 3280. The summed E-state index contributed by atoms with van der Waals surface area (Å²) in [4.78, 5) is 0. The van der Waals surface area contributed by atoms with Crippen LogP contribution in [-0.2, 0) is 17.0 Å². The van der Waals surface area contributed by atoms with Gasteiger partial charge in [0.25, 0.3) is 0 Å². The fourth-order valence-corrected chi connectivity index (χ4v) is 10.3. The van der Waals surface area contributed by atoms with Crippen molar-refractivity contribution in [3.8, 4) is 55.6 Å². The molecular weight excluding hydrogens is 697 g/mol. The molecule has 57 heavy (non-hydrogen) atoms. The van der Waals surface area contributed by atoms with Crippen molar-refractivity contribution in [2.75, 3.05) is 0 Å². The third kappa shape index (κ3) is 4.29. The van der Waals surface area contributed by atoms with E-state index in [2.05, 4.69) is 140 Å². The fourth-order valence-electron chi connectivity index (χ4n) is 10.3. The zero-order valence-corrected chi connectivity index (χ0v) is 31.0. The minimum atomic E-state index is -1.21. The molecule has 0 aromatic heterocycles. The van der Waals surface area contributed by atoms with E-state index in [0.29, 0.717) is 0 Å². The van der Waals surface area contributed by atoms with Crippen molar-refractivity contribution < 1.29 is 0 Å². The molecule has 6 nitrogen and oxygen atoms in total. The van der Waals surface area contributed by atoms with E-state index in [1.807, 2.05) is 18.2 Å². The lowest BCUT2D eigenvalue weighted by Crippen LogP contribution is -2.46. The summed E-state index contributed by atoms with van der Waals surface area (Å²) in [6, 6.07) is 55.3. The van der Waals surface area contributed by atoms with Crippen LogP contribution >= 0.6 is 0 Å². The van der Waals surface area contributed by atoms with Crippen LogP contribution in [0.25, 0.3) is 88.0 Å². The summed E-state index contributed by atoms with van der Waals surface area (Å²) in [5.41, 5.74) is 54.4. The molecule has 0 aliphatic heterocycles. The second-order valence-electron chi connectivity index (χ2n) is 16.3. The smallest absolute Gasteiger partial charge is 0.119 e. The average molecular weight is 735 g/mol. The average Bonchev–Trinajstić information content (AvgIpc) is 3.71. The van der Waals surface area contributed by atoms with Gasteiger partial charge in [-0.15, -0.1) is 0 Å². The Balaban J connectivity index is 0.920. The summed E-state index contributed by atoms with van der Waals surface area (Å²) in [5, 5.41) is 6.69. The molecule has 9 aromatic rings. The maximum absolute atomic E-state index is 7.24. The summed E-state index contributed by atoms with van der Waals surface area (Å²) in [5.74, 6) is 0. The molecule has 6 heteroatoms. The molecule has 12 N–H and O–H groups in total. The van der Waals surface area contributed by atoms with Crippen LogP contribution in [-0.4, -0.2) is 0 Å². The molecule has 3 aliphatic carbocycles. The first-order valence-corrected chi connectivity index (χ1v) is 19.3. The molecule has 0 fully saturated rings. The molecule has 3 aliphatic rings. The van der Waals surface area contributed by atoms with E-state index in [1.54, 1.807) is 0 Å². The predicted octanol–water partition coefficient (Wildman–Crippen LogP) is 8.78. The van der Waals surface area contributed by atoms with E-state index < -0.39 is 17.0 Å². The minimum absolute atomic E-state index is 0.856. The molecule has 9 aromatic carbocycles. The fraction of sp³-hybridized carbons (Fsp3) is 0.0588. The van der Waals surface area contributed by atoms with Gasteiger partial charge in [0, 0.05) is 11.1 Å². The van der Waals surface area contributed by atoms with Gasteiger partial charge in [0.15, 0.2) is 0 Å². The Labute approximate surface area is 329 Å². The van der Waals surface area contributed by atoms with Gasteiger partial charge in [-0.1, -0.05) is 121 Å². The van der Waals surface area contributed by atoms with Crippen LogP contribution in [0.1, 0.15) is 33.4 Å². The van der Waals surface area contributed by atoms with Crippen molar-refractivity contribution in [2.24, 2.45) is 34.4 Å². The van der Waals surface area contributed by atoms with Gasteiger partial charge < -0.3 is 34.4 Å². The number of hydrogen-bond donors (Lipinski definition) is 6. The van der Waals surface area contributed by atoms with E-state index in [1.165, 1.54) is 16.3 Å². The van der Waals surface area contributed by atoms with E-state index >= 15 is 0 Å². The minimum Gasteiger partial charge on any atom is -0.306 e. The van der Waals surface area contributed by atoms with Gasteiger partial charge in [0.1, 0.15) is 17.0 Å². The van der Waals surface area contributed by atoms with Gasteiger partial charge in [-0.2, -0.15) is 0 Å². The highest BCUT2D eigenvalue weighted by molar-refractivity contribution is 6.05. The summed E-state index contributed by atoms with van der Waals surface area (Å²) >= 11 is 0. The second-order valence-corrected chi connectivity index (χ2v) is 16.3. The van der Waals surface area contributed by atoms with Gasteiger partial charge in [-0.3, -0.25) is 0 Å². The van der Waals surface area contributed by atoms with Gasteiger partial charge in [0.2, 0.25) is 0 Å². The molecule has 0 spiro atoms. The van der Waals surface area contributed by atoms with Crippen LogP contribution in [0.2, 0.25) is 0 Å². The predicted molar refractivity (Wildman–Crippen MR) is 234 cm³/mol. The third-order valence-corrected chi connectivity index (χ3v) is 13.0. The molecule has 0 bridgehead atoms. The van der Waals surface area contributed by atoms with Crippen LogP contribution in [0.3, 0.4) is 0 Å². The normalized spacial score (nSPS) is 16.0. The highest BCUT2D eigenvalue weighted by Crippen LogP contribution is 2.53. The third-order valence-electron chi connectivity index (χ3n) is 13.0. The Kier molecular flexibility index (Phi) is 6.25. The van der Waals surface area contributed by atoms with Crippen molar-refractivity contribution in [3.05, 3.63) is 191 Å². The largest absolute Gasteiger partial charge is 0.306 e. The molecule has 0 unspecified atom stereocenters. The van der Waals surface area contributed by atoms with Crippen LogP contribution in [0, 0.1) is 0 Å². The summed E-state index contributed by atoms with van der Waals surface area (Å²) in [6.07, 6.45) is 0. The van der Waals surface area contributed by atoms with Crippen molar-refractivity contribution in [3.63, 3.8) is 0 Å². The van der Waals surface area contributed by atoms with Crippen molar-refractivity contribution >= 4 is 32.3 Å². The zero-order chi connectivity index (χ0) is 38.6. The summed E-state index contributed by atoms with van der Waals surface area (Å²) < 4.78 is 0. The Morgan fingerprint density at radius 3 is 1.32 bits per heavy atom. The second kappa shape index (κ2) is 10.9. The summed E-state index contributed by atoms with van der Waals surface area (Å²) in [6.45, 7) is 0. The molecule has 12 rings (SSSR count). The Hall–Kier alpha value is -6.48. The van der Waals surface area contributed by atoms with Gasteiger partial charge >= 0.3 is 0 Å². The van der Waals surface area contributed by atoms with Gasteiger partial charge in [-0.05, 0) is 147 Å². The highest BCUT2D eigenvalue weighted by Gasteiger charge is 2.43. The SMILES string of the molecule is NC1(N)c2ccccc2-c2cc3c(cc21)-c1ccc(-c2ccc4c5c(ccc4c2)-c2ccc4cc(-c6ccc7ccccc7c6)ccc4c2C5(N)N)cc1C3(N)N. The van der Waals surface area contributed by atoms with E-state index in [0.717, 1.165) is 105 Å². The molecule has 0 saturated carbocycles. The topological polar surface area (TPSA) is 156 Å². The molecule has 0 amide bonds. The number of nitrogens with two attached hydrogens (primary N) is 6. The monoisotopic (exact) mass is 734 g/mol. The standard InChI is InChI=1S/C51H38N6/c52-49(53)43-8-4-3-7-37(43)41-25-46-42(26-45(41)49)38-18-13-32(24-44(38)50(46,54)55)31-12-17-36-34(23-31)15-20-40-39-19-14-33-22-30(11-16-35(33)47(39)51(56,57)48(36)40)29-10-9-27-5-1-2-6-28(27)21-29/h1-26H,52-57H2. The van der Waals surface area contributed by atoms with Crippen LogP contribution < -0.4 is 34.4 Å². The van der Waals surface area contributed by atoms with E-state index in [4.69, 9.17) is 34.4 Å². The molecule has 0 radical (unpaired) electrons. The lowest BCUT2D eigenvalue weighted by atomic mass is 9.89. The first kappa shape index (κ1) is 32.7. The lowest BCUT2D eigenvalue weighted by molar-refractivity contribution is 0.577. The number of benzene rings is 9. The molecule has 0 atom stereocenters. The Morgan fingerprint density at radius 1 is 0.263 bits per heavy atom. The first-order chi connectivity index (χ1) is 27.5. The zero-order valence-electron chi connectivity index (χ0n) is 31.0. The van der Waals surface area contributed by atoms with E-state index in [9.17, 15) is 0 Å². The number of rotatable bonds is 2. The Morgan fingerprint density at radius 2 is 0.684 bits per heavy atom. The van der Waals surface area contributed by atoms with E-state index in [-0.39, 0.29) is 0 Å². The van der Waals surface area contributed by atoms with Crippen molar-refractivity contribution in [1.82, 2.24) is 0 Å². The summed E-state index contributed by atoms with van der Waals surface area (Å²) in [7, 11) is 0. The maximum Gasteiger partial charge on any atom is 0.119 e. The van der Waals surface area contributed by atoms with Gasteiger partial charge in [-0.25, -0.2) is 0 Å². The van der Waals surface area contributed by atoms with Crippen LogP contribution in [0.4, 0.5) is 0 Å². The van der Waals surface area contributed by atoms with Gasteiger partial charge in [0.05, 0.1) is 0 Å². The number of fused-ring (bicyclic) bond motifs is 14. The van der Waals surface area contributed by atoms with Crippen LogP contribution in [0.5, 0.6) is 0 Å². The lowest BCUT2D eigenvalue weighted by Gasteiger charge is -2.25. The molecule has 0 saturated heterocycles.